The van der Waals surface area contributed by atoms with Gasteiger partial charge in [-0.05, 0) is 38.4 Å². The van der Waals surface area contributed by atoms with E-state index in [-0.39, 0.29) is 5.91 Å². The van der Waals surface area contributed by atoms with Crippen LogP contribution in [0.15, 0.2) is 24.3 Å². The molecule has 1 amide bonds. The van der Waals surface area contributed by atoms with Crippen molar-refractivity contribution in [3.63, 3.8) is 0 Å². The van der Waals surface area contributed by atoms with Gasteiger partial charge in [-0.1, -0.05) is 31.5 Å². The molecule has 20 heavy (non-hydrogen) atoms. The van der Waals surface area contributed by atoms with Crippen molar-refractivity contribution in [3.05, 3.63) is 35.4 Å². The van der Waals surface area contributed by atoms with Gasteiger partial charge >= 0.3 is 0 Å². The highest BCUT2D eigenvalue weighted by Gasteiger charge is 2.41. The molecule has 3 rings (SSSR count). The largest absolute Gasteiger partial charge is 0.338 e. The topological polar surface area (TPSA) is 32.3 Å². The molecule has 1 atom stereocenters. The second kappa shape index (κ2) is 6.40. The number of benzene rings is 1. The van der Waals surface area contributed by atoms with Crippen LogP contribution in [-0.2, 0) is 0 Å². The number of amides is 1. The normalized spacial score (nSPS) is 24.6. The summed E-state index contributed by atoms with van der Waals surface area (Å²) >= 11 is 0. The lowest BCUT2D eigenvalue weighted by Crippen LogP contribution is -2.33. The minimum Gasteiger partial charge on any atom is -0.338 e. The fraction of sp³-hybridized carbons (Fsp3) is 0.588. The first-order chi connectivity index (χ1) is 9.69. The monoisotopic (exact) mass is 274 g/mol. The predicted octanol–water partition coefficient (Wildman–Crippen LogP) is 2.85. The highest BCUT2D eigenvalue weighted by atomic mass is 16.2. The number of rotatable bonds is 1. The first kappa shape index (κ1) is 15.0. The van der Waals surface area contributed by atoms with E-state index in [9.17, 15) is 4.79 Å². The Morgan fingerprint density at radius 2 is 1.90 bits per heavy atom. The third-order valence-electron chi connectivity index (χ3n) is 4.36. The number of carbonyl (C=O) groups excluding carboxylic acids is 1. The van der Waals surface area contributed by atoms with Crippen molar-refractivity contribution >= 4 is 5.91 Å². The van der Waals surface area contributed by atoms with Crippen LogP contribution in [0.3, 0.4) is 0 Å². The predicted molar refractivity (Wildman–Crippen MR) is 83.0 cm³/mol. The highest BCUT2D eigenvalue weighted by Crippen LogP contribution is 2.36. The van der Waals surface area contributed by atoms with Gasteiger partial charge in [-0.25, -0.2) is 0 Å². The van der Waals surface area contributed by atoms with Gasteiger partial charge in [0.15, 0.2) is 0 Å². The van der Waals surface area contributed by atoms with E-state index in [1.165, 1.54) is 12.0 Å². The molecule has 1 spiro atoms. The van der Waals surface area contributed by atoms with Gasteiger partial charge in [0, 0.05) is 30.6 Å². The Labute approximate surface area is 122 Å². The van der Waals surface area contributed by atoms with Gasteiger partial charge in [0.1, 0.15) is 0 Å². The van der Waals surface area contributed by atoms with Gasteiger partial charge < -0.3 is 10.2 Å². The lowest BCUT2D eigenvalue weighted by molar-refractivity contribution is 0.0775. The van der Waals surface area contributed by atoms with Crippen molar-refractivity contribution < 1.29 is 4.79 Å². The van der Waals surface area contributed by atoms with Crippen LogP contribution in [0.1, 0.15) is 42.6 Å². The minimum atomic E-state index is 0.193. The zero-order valence-corrected chi connectivity index (χ0v) is 12.9. The van der Waals surface area contributed by atoms with E-state index in [2.05, 4.69) is 5.32 Å². The third-order valence-corrected chi connectivity index (χ3v) is 4.36. The summed E-state index contributed by atoms with van der Waals surface area (Å²) in [5.41, 5.74) is 2.38. The number of nitrogens with one attached hydrogen (secondary N) is 1. The quantitative estimate of drug-likeness (QED) is 0.854. The van der Waals surface area contributed by atoms with Crippen LogP contribution in [-0.4, -0.2) is 37.0 Å². The number of hydrogen-bond donors (Lipinski definition) is 1. The summed E-state index contributed by atoms with van der Waals surface area (Å²) in [6.07, 6.45) is 2.36. The van der Waals surface area contributed by atoms with E-state index in [1.54, 1.807) is 0 Å². The Hall–Kier alpha value is -1.35. The van der Waals surface area contributed by atoms with E-state index in [4.69, 9.17) is 0 Å². The van der Waals surface area contributed by atoms with Crippen LogP contribution in [0.25, 0.3) is 0 Å². The summed E-state index contributed by atoms with van der Waals surface area (Å²) in [6, 6.07) is 7.90. The van der Waals surface area contributed by atoms with Crippen LogP contribution in [0.4, 0.5) is 0 Å². The highest BCUT2D eigenvalue weighted by molar-refractivity contribution is 5.94. The summed E-state index contributed by atoms with van der Waals surface area (Å²) < 4.78 is 0. The van der Waals surface area contributed by atoms with E-state index >= 15 is 0 Å². The molecule has 2 aliphatic heterocycles. The third kappa shape index (κ3) is 3.04. The minimum absolute atomic E-state index is 0.193. The average molecular weight is 274 g/mol. The number of carbonyl (C=O) groups is 1. The molecule has 2 aliphatic rings. The molecular weight excluding hydrogens is 248 g/mol. The second-order valence-electron chi connectivity index (χ2n) is 5.77. The van der Waals surface area contributed by atoms with E-state index in [0.717, 1.165) is 38.2 Å². The first-order valence-electron chi connectivity index (χ1n) is 7.75. The van der Waals surface area contributed by atoms with Crippen molar-refractivity contribution in [1.29, 1.82) is 0 Å². The van der Waals surface area contributed by atoms with Gasteiger partial charge in [0.2, 0.25) is 0 Å². The lowest BCUT2D eigenvalue weighted by atomic mass is 9.86. The zero-order valence-electron chi connectivity index (χ0n) is 12.9. The molecule has 2 saturated heterocycles. The summed E-state index contributed by atoms with van der Waals surface area (Å²) in [5, 5.41) is 3.42. The van der Waals surface area contributed by atoms with Crippen LogP contribution in [0.5, 0.6) is 0 Å². The molecule has 1 N–H and O–H groups in total. The fourth-order valence-electron chi connectivity index (χ4n) is 3.13. The maximum absolute atomic E-state index is 12.4. The molecule has 110 valence electrons. The average Bonchev–Trinajstić information content (AvgIpc) is 3.12. The Morgan fingerprint density at radius 3 is 2.50 bits per heavy atom. The first-order valence-corrected chi connectivity index (χ1v) is 7.75. The van der Waals surface area contributed by atoms with E-state index in [0.29, 0.717) is 5.41 Å². The summed E-state index contributed by atoms with van der Waals surface area (Å²) in [4.78, 5) is 14.4. The van der Waals surface area contributed by atoms with Crippen LogP contribution in [0, 0.1) is 12.3 Å². The maximum Gasteiger partial charge on any atom is 0.253 e. The lowest BCUT2D eigenvalue weighted by Gasteiger charge is -2.22. The maximum atomic E-state index is 12.4. The van der Waals surface area contributed by atoms with Crippen LogP contribution in [0.2, 0.25) is 0 Å². The van der Waals surface area contributed by atoms with Crippen molar-refractivity contribution in [3.8, 4) is 0 Å². The standard InChI is InChI=1S/C15H20N2O.C2H6/c1-12-2-4-13(5-3-12)14(18)17-9-7-15(11-17)6-8-16-10-15;1-2/h2-5,16H,6-11H2,1H3;1-2H3. The molecule has 2 fully saturated rings. The Kier molecular flexibility index (Phi) is 4.81. The number of aryl methyl sites for hydroxylation is 1. The van der Waals surface area contributed by atoms with Crippen molar-refractivity contribution in [2.45, 2.75) is 33.6 Å². The summed E-state index contributed by atoms with van der Waals surface area (Å²) in [5.74, 6) is 0.193. The molecule has 3 nitrogen and oxygen atoms in total. The van der Waals surface area contributed by atoms with Gasteiger partial charge in [0.25, 0.3) is 5.91 Å². The fourth-order valence-corrected chi connectivity index (χ4v) is 3.13. The zero-order chi connectivity index (χ0) is 14.6. The van der Waals surface area contributed by atoms with Crippen LogP contribution < -0.4 is 5.32 Å². The van der Waals surface area contributed by atoms with Gasteiger partial charge in [-0.2, -0.15) is 0 Å². The Bertz CT molecular complexity index is 447. The molecule has 1 unspecified atom stereocenters. The van der Waals surface area contributed by atoms with Crippen LogP contribution >= 0.6 is 0 Å². The van der Waals surface area contributed by atoms with Gasteiger partial charge in [0.05, 0.1) is 0 Å². The SMILES string of the molecule is CC.Cc1ccc(C(=O)N2CCC3(CCNC3)C2)cc1. The Morgan fingerprint density at radius 1 is 1.20 bits per heavy atom. The molecule has 2 heterocycles. The molecule has 1 aromatic carbocycles. The molecule has 0 aromatic heterocycles. The van der Waals surface area contributed by atoms with Crippen molar-refractivity contribution in [1.82, 2.24) is 10.2 Å². The molecule has 3 heteroatoms. The molecule has 1 aromatic rings. The van der Waals surface area contributed by atoms with E-state index in [1.807, 2.05) is 49.9 Å². The molecule has 0 bridgehead atoms. The molecule has 0 aliphatic carbocycles. The summed E-state index contributed by atoms with van der Waals surface area (Å²) in [7, 11) is 0. The van der Waals surface area contributed by atoms with Gasteiger partial charge in [-0.15, -0.1) is 0 Å². The number of nitrogens with zero attached hydrogens (tertiary/aromatic N) is 1. The summed E-state index contributed by atoms with van der Waals surface area (Å²) in [6.45, 7) is 10.1. The van der Waals surface area contributed by atoms with Crippen molar-refractivity contribution in [2.24, 2.45) is 5.41 Å². The molecule has 0 radical (unpaired) electrons. The number of likely N-dealkylation sites (tertiary alicyclic amines) is 1. The Balaban J connectivity index is 0.000000704. The second-order valence-corrected chi connectivity index (χ2v) is 5.77. The smallest absolute Gasteiger partial charge is 0.253 e. The van der Waals surface area contributed by atoms with Gasteiger partial charge in [-0.3, -0.25) is 4.79 Å². The molecule has 0 saturated carbocycles. The molecular formula is C17H26N2O. The van der Waals surface area contributed by atoms with Crippen molar-refractivity contribution in [2.75, 3.05) is 26.2 Å². The number of hydrogen-bond acceptors (Lipinski definition) is 2. The van der Waals surface area contributed by atoms with E-state index < -0.39 is 0 Å².